The number of ketones is 1. The van der Waals surface area contributed by atoms with Gasteiger partial charge in [0.25, 0.3) is 0 Å². The summed E-state index contributed by atoms with van der Waals surface area (Å²) < 4.78 is 5.83. The van der Waals surface area contributed by atoms with Gasteiger partial charge >= 0.3 is 0 Å². The number of benzene rings is 1. The molecule has 0 aromatic heterocycles. The summed E-state index contributed by atoms with van der Waals surface area (Å²) >= 11 is 0. The van der Waals surface area contributed by atoms with Crippen LogP contribution < -0.4 is 10.1 Å². The maximum Gasteiger partial charge on any atom is 0.180 e. The number of carbonyl (C=O) groups excluding carboxylic acids is 1. The van der Waals surface area contributed by atoms with E-state index in [9.17, 15) is 4.79 Å². The second kappa shape index (κ2) is 5.29. The molecule has 0 radical (unpaired) electrons. The van der Waals surface area contributed by atoms with Crippen LogP contribution in [0.3, 0.4) is 0 Å². The summed E-state index contributed by atoms with van der Waals surface area (Å²) in [5, 5.41) is 2.87. The van der Waals surface area contributed by atoms with Crippen molar-refractivity contribution < 1.29 is 9.53 Å². The van der Waals surface area contributed by atoms with E-state index >= 15 is 0 Å². The first-order valence-electron chi connectivity index (χ1n) is 5.82. The van der Waals surface area contributed by atoms with Crippen LogP contribution in [-0.2, 0) is 0 Å². The average molecular weight is 234 g/mol. The summed E-state index contributed by atoms with van der Waals surface area (Å²) in [7, 11) is 3.82. The second-order valence-electron chi connectivity index (χ2n) is 4.41. The number of likely N-dealkylation sites (N-methyl/N-ethyl adjacent to an activating group) is 2. The molecule has 2 rings (SSSR count). The standard InChI is InChI=1S/C13H18N2O2/c1-14-7-12(16)11-5-3-4-6-13(11)17-10-8-15(2)9-10/h3-6,10,14H,7-9H2,1-2H3. The Balaban J connectivity index is 2.07. The lowest BCUT2D eigenvalue weighted by molar-refractivity contribution is 0.0381. The number of ether oxygens (including phenoxy) is 1. The Hall–Kier alpha value is -1.39. The Morgan fingerprint density at radius 1 is 1.47 bits per heavy atom. The minimum absolute atomic E-state index is 0.0655. The number of nitrogens with zero attached hydrogens (tertiary/aromatic N) is 1. The molecular weight excluding hydrogens is 216 g/mol. The van der Waals surface area contributed by atoms with E-state index in [1.54, 1.807) is 7.05 Å². The number of Topliss-reactive ketones (excluding diaryl/α,β-unsaturated/α-hetero) is 1. The van der Waals surface area contributed by atoms with Gasteiger partial charge in [0.1, 0.15) is 11.9 Å². The molecule has 92 valence electrons. The van der Waals surface area contributed by atoms with Crippen molar-refractivity contribution in [3.05, 3.63) is 29.8 Å². The fourth-order valence-electron chi connectivity index (χ4n) is 1.95. The number of nitrogens with one attached hydrogen (secondary N) is 1. The van der Waals surface area contributed by atoms with Crippen LogP contribution in [0.5, 0.6) is 5.75 Å². The SMILES string of the molecule is CNCC(=O)c1ccccc1OC1CN(C)C1. The highest BCUT2D eigenvalue weighted by Gasteiger charge is 2.26. The van der Waals surface area contributed by atoms with E-state index in [0.717, 1.165) is 13.1 Å². The van der Waals surface area contributed by atoms with Crippen molar-refractivity contribution >= 4 is 5.78 Å². The molecule has 0 aliphatic carbocycles. The van der Waals surface area contributed by atoms with Gasteiger partial charge < -0.3 is 10.1 Å². The van der Waals surface area contributed by atoms with E-state index in [0.29, 0.717) is 17.9 Å². The van der Waals surface area contributed by atoms with Gasteiger partial charge in [0.2, 0.25) is 0 Å². The van der Waals surface area contributed by atoms with Crippen molar-refractivity contribution in [1.29, 1.82) is 0 Å². The quantitative estimate of drug-likeness (QED) is 0.765. The highest BCUT2D eigenvalue weighted by Crippen LogP contribution is 2.22. The third-order valence-electron chi connectivity index (χ3n) is 2.85. The minimum Gasteiger partial charge on any atom is -0.487 e. The monoisotopic (exact) mass is 234 g/mol. The fourth-order valence-corrected chi connectivity index (χ4v) is 1.95. The van der Waals surface area contributed by atoms with Gasteiger partial charge in [-0.1, -0.05) is 12.1 Å². The molecule has 1 aromatic rings. The van der Waals surface area contributed by atoms with E-state index in [1.807, 2.05) is 24.3 Å². The lowest BCUT2D eigenvalue weighted by atomic mass is 10.1. The number of hydrogen-bond acceptors (Lipinski definition) is 4. The predicted octanol–water partition coefficient (Wildman–Crippen LogP) is 0.782. The van der Waals surface area contributed by atoms with Crippen molar-refractivity contribution in [2.45, 2.75) is 6.10 Å². The predicted molar refractivity (Wildman–Crippen MR) is 66.6 cm³/mol. The van der Waals surface area contributed by atoms with Crippen LogP contribution in [0, 0.1) is 0 Å². The molecule has 1 N–H and O–H groups in total. The molecule has 1 saturated heterocycles. The zero-order valence-corrected chi connectivity index (χ0v) is 10.3. The fraction of sp³-hybridized carbons (Fsp3) is 0.462. The topological polar surface area (TPSA) is 41.6 Å². The highest BCUT2D eigenvalue weighted by atomic mass is 16.5. The first-order chi connectivity index (χ1) is 8.20. The van der Waals surface area contributed by atoms with Crippen molar-refractivity contribution in [3.8, 4) is 5.75 Å². The van der Waals surface area contributed by atoms with Crippen molar-refractivity contribution in [2.24, 2.45) is 0 Å². The largest absolute Gasteiger partial charge is 0.487 e. The highest BCUT2D eigenvalue weighted by molar-refractivity contribution is 6.00. The van der Waals surface area contributed by atoms with Gasteiger partial charge in [-0.3, -0.25) is 9.69 Å². The van der Waals surface area contributed by atoms with Crippen molar-refractivity contribution in [1.82, 2.24) is 10.2 Å². The van der Waals surface area contributed by atoms with Crippen LogP contribution in [0.4, 0.5) is 0 Å². The van der Waals surface area contributed by atoms with Gasteiger partial charge in [0.05, 0.1) is 12.1 Å². The van der Waals surface area contributed by atoms with Gasteiger partial charge in [0.15, 0.2) is 5.78 Å². The number of para-hydroxylation sites is 1. The average Bonchev–Trinajstić information content (AvgIpc) is 2.28. The molecule has 1 aliphatic heterocycles. The van der Waals surface area contributed by atoms with Gasteiger partial charge in [0, 0.05) is 13.1 Å². The van der Waals surface area contributed by atoms with Crippen molar-refractivity contribution in [3.63, 3.8) is 0 Å². The number of carbonyl (C=O) groups is 1. The van der Waals surface area contributed by atoms with E-state index in [2.05, 4.69) is 17.3 Å². The Bertz CT molecular complexity index is 400. The van der Waals surface area contributed by atoms with E-state index in [-0.39, 0.29) is 11.9 Å². The third-order valence-corrected chi connectivity index (χ3v) is 2.85. The Morgan fingerprint density at radius 2 is 2.18 bits per heavy atom. The van der Waals surface area contributed by atoms with Gasteiger partial charge in [-0.15, -0.1) is 0 Å². The summed E-state index contributed by atoms with van der Waals surface area (Å²) in [6.45, 7) is 2.19. The molecule has 0 bridgehead atoms. The lowest BCUT2D eigenvalue weighted by Gasteiger charge is -2.36. The van der Waals surface area contributed by atoms with Crippen LogP contribution in [0.25, 0.3) is 0 Å². The molecule has 1 aliphatic rings. The Kier molecular flexibility index (Phi) is 3.76. The maximum absolute atomic E-state index is 11.9. The molecule has 1 aromatic carbocycles. The molecule has 0 amide bonds. The smallest absolute Gasteiger partial charge is 0.180 e. The molecule has 0 spiro atoms. The molecule has 4 heteroatoms. The Labute approximate surface area is 102 Å². The van der Waals surface area contributed by atoms with Crippen LogP contribution in [0.15, 0.2) is 24.3 Å². The van der Waals surface area contributed by atoms with Crippen LogP contribution >= 0.6 is 0 Å². The normalized spacial score (nSPS) is 16.6. The van der Waals surface area contributed by atoms with Crippen molar-refractivity contribution in [2.75, 3.05) is 33.7 Å². The molecule has 0 saturated carbocycles. The van der Waals surface area contributed by atoms with Crippen LogP contribution in [0.1, 0.15) is 10.4 Å². The zero-order valence-electron chi connectivity index (χ0n) is 10.3. The summed E-state index contributed by atoms with van der Waals surface area (Å²) in [5.74, 6) is 0.765. The summed E-state index contributed by atoms with van der Waals surface area (Å²) in [4.78, 5) is 14.0. The third kappa shape index (κ3) is 2.84. The number of rotatable bonds is 5. The molecule has 17 heavy (non-hydrogen) atoms. The number of hydrogen-bond donors (Lipinski definition) is 1. The first-order valence-corrected chi connectivity index (χ1v) is 5.82. The van der Waals surface area contributed by atoms with Gasteiger partial charge in [-0.05, 0) is 26.2 Å². The molecule has 0 atom stereocenters. The zero-order chi connectivity index (χ0) is 12.3. The molecular formula is C13H18N2O2. The minimum atomic E-state index is 0.0655. The summed E-state index contributed by atoms with van der Waals surface area (Å²) in [5.41, 5.74) is 0.663. The number of likely N-dealkylation sites (tertiary alicyclic amines) is 1. The second-order valence-corrected chi connectivity index (χ2v) is 4.41. The van der Waals surface area contributed by atoms with E-state index in [4.69, 9.17) is 4.74 Å². The van der Waals surface area contributed by atoms with Crippen LogP contribution in [-0.4, -0.2) is 50.5 Å². The lowest BCUT2D eigenvalue weighted by Crippen LogP contribution is -2.51. The summed E-state index contributed by atoms with van der Waals surface area (Å²) in [6, 6.07) is 7.44. The molecule has 0 unspecified atom stereocenters. The molecule has 1 fully saturated rings. The first kappa shape index (κ1) is 12.1. The molecule has 1 heterocycles. The Morgan fingerprint density at radius 3 is 2.82 bits per heavy atom. The van der Waals surface area contributed by atoms with Crippen LogP contribution in [0.2, 0.25) is 0 Å². The van der Waals surface area contributed by atoms with E-state index in [1.165, 1.54) is 0 Å². The van der Waals surface area contributed by atoms with E-state index < -0.39 is 0 Å². The van der Waals surface area contributed by atoms with Gasteiger partial charge in [-0.2, -0.15) is 0 Å². The van der Waals surface area contributed by atoms with Gasteiger partial charge in [-0.25, -0.2) is 0 Å². The molecule has 4 nitrogen and oxygen atoms in total. The maximum atomic E-state index is 11.9. The summed E-state index contributed by atoms with van der Waals surface area (Å²) in [6.07, 6.45) is 0.212.